The lowest BCUT2D eigenvalue weighted by molar-refractivity contribution is -0.142. The summed E-state index contributed by atoms with van der Waals surface area (Å²) >= 11 is 1.44. The second-order valence-corrected chi connectivity index (χ2v) is 9.48. The number of carbonyl (C=O) groups excluding carboxylic acids is 4. The van der Waals surface area contributed by atoms with E-state index in [1.807, 2.05) is 20.1 Å². The number of carboxylic acids is 1. The van der Waals surface area contributed by atoms with Crippen LogP contribution in [0.2, 0.25) is 0 Å². The Morgan fingerprint density at radius 3 is 2.17 bits per heavy atom. The second-order valence-electron chi connectivity index (χ2n) is 8.49. The van der Waals surface area contributed by atoms with E-state index in [2.05, 4.69) is 25.9 Å². The number of rotatable bonds is 16. The molecule has 4 amide bonds. The van der Waals surface area contributed by atoms with Crippen LogP contribution in [-0.4, -0.2) is 80.8 Å². The number of aromatic nitrogens is 2. The molecule has 13 nitrogen and oxygen atoms in total. The highest BCUT2D eigenvalue weighted by atomic mass is 32.2. The Morgan fingerprint density at radius 1 is 1.06 bits per heavy atom. The third-order valence-corrected chi connectivity index (χ3v) is 5.58. The SMILES string of the molecule is CSCCC(NC(=O)C(Cc1cnc[nH]1)NC(=O)C(CC(C)C)NC(=O)C(N)CC(N)=O)C(=O)O. The summed E-state index contributed by atoms with van der Waals surface area (Å²) in [5.74, 6) is -3.53. The van der Waals surface area contributed by atoms with Crippen LogP contribution in [0.4, 0.5) is 0 Å². The van der Waals surface area contributed by atoms with Crippen LogP contribution in [0, 0.1) is 5.92 Å². The molecule has 0 saturated carbocycles. The number of nitrogens with zero attached hydrogens (tertiary/aromatic N) is 1. The minimum atomic E-state index is -1.23. The molecule has 0 saturated heterocycles. The maximum atomic E-state index is 13.1. The number of aromatic amines is 1. The average Bonchev–Trinajstić information content (AvgIpc) is 3.27. The monoisotopic (exact) mass is 513 g/mol. The molecular weight excluding hydrogens is 478 g/mol. The molecule has 9 N–H and O–H groups in total. The summed E-state index contributed by atoms with van der Waals surface area (Å²) in [7, 11) is 0. The zero-order chi connectivity index (χ0) is 26.5. The van der Waals surface area contributed by atoms with Crippen molar-refractivity contribution in [2.75, 3.05) is 12.0 Å². The quantitative estimate of drug-likeness (QED) is 0.136. The van der Waals surface area contributed by atoms with E-state index in [4.69, 9.17) is 11.5 Å². The van der Waals surface area contributed by atoms with Gasteiger partial charge in [-0.3, -0.25) is 19.2 Å². The first-order valence-corrected chi connectivity index (χ1v) is 12.5. The van der Waals surface area contributed by atoms with Crippen LogP contribution in [0.3, 0.4) is 0 Å². The van der Waals surface area contributed by atoms with Gasteiger partial charge in [0.2, 0.25) is 23.6 Å². The van der Waals surface area contributed by atoms with Gasteiger partial charge in [0, 0.05) is 18.3 Å². The summed E-state index contributed by atoms with van der Waals surface area (Å²) in [6, 6.07) is -4.56. The van der Waals surface area contributed by atoms with E-state index in [9.17, 15) is 29.1 Å². The van der Waals surface area contributed by atoms with Gasteiger partial charge in [-0.05, 0) is 30.8 Å². The van der Waals surface area contributed by atoms with E-state index >= 15 is 0 Å². The minimum absolute atomic E-state index is 0.00990. The number of hydrogen-bond acceptors (Lipinski definition) is 8. The van der Waals surface area contributed by atoms with E-state index < -0.39 is 53.8 Å². The number of H-pyrrole nitrogens is 1. The van der Waals surface area contributed by atoms with Crippen molar-refractivity contribution in [3.63, 3.8) is 0 Å². The standard InChI is InChI=1S/C21H35N7O6S/c1-11(2)6-15(27-18(30)13(22)8-17(23)29)19(31)28-16(7-12-9-24-10-25-12)20(32)26-14(21(33)34)4-5-35-3/h9-11,13-16H,4-8,22H2,1-3H3,(H2,23,29)(H,24,25)(H,26,32)(H,27,30)(H,28,31)(H,33,34). The molecule has 0 aliphatic rings. The van der Waals surface area contributed by atoms with Crippen molar-refractivity contribution in [2.45, 2.75) is 63.7 Å². The van der Waals surface area contributed by atoms with Gasteiger partial charge in [-0.25, -0.2) is 9.78 Å². The van der Waals surface area contributed by atoms with Gasteiger partial charge in [0.1, 0.15) is 18.1 Å². The van der Waals surface area contributed by atoms with Crippen LogP contribution in [0.15, 0.2) is 12.5 Å². The van der Waals surface area contributed by atoms with Gasteiger partial charge in [0.05, 0.1) is 18.8 Å². The van der Waals surface area contributed by atoms with Crippen molar-refractivity contribution in [1.82, 2.24) is 25.9 Å². The summed E-state index contributed by atoms with van der Waals surface area (Å²) in [5, 5.41) is 17.0. The molecule has 1 aromatic heterocycles. The number of carbonyl (C=O) groups is 5. The molecule has 0 aliphatic heterocycles. The molecule has 1 heterocycles. The van der Waals surface area contributed by atoms with Crippen LogP contribution in [-0.2, 0) is 30.4 Å². The summed E-state index contributed by atoms with van der Waals surface area (Å²) in [6.45, 7) is 3.68. The highest BCUT2D eigenvalue weighted by molar-refractivity contribution is 7.98. The number of nitrogens with two attached hydrogens (primary N) is 2. The van der Waals surface area contributed by atoms with E-state index in [0.29, 0.717) is 11.4 Å². The Balaban J connectivity index is 3.04. The number of amides is 4. The molecule has 0 radical (unpaired) electrons. The van der Waals surface area contributed by atoms with Gasteiger partial charge in [-0.2, -0.15) is 11.8 Å². The summed E-state index contributed by atoms with van der Waals surface area (Å²) in [4.78, 5) is 67.9. The van der Waals surface area contributed by atoms with Gasteiger partial charge < -0.3 is 37.5 Å². The van der Waals surface area contributed by atoms with Gasteiger partial charge in [-0.15, -0.1) is 0 Å². The predicted octanol–water partition coefficient (Wildman–Crippen LogP) is -1.51. The molecule has 35 heavy (non-hydrogen) atoms. The number of hydrogen-bond donors (Lipinski definition) is 7. The first-order valence-electron chi connectivity index (χ1n) is 11.1. The Morgan fingerprint density at radius 2 is 1.66 bits per heavy atom. The molecule has 0 aromatic carbocycles. The van der Waals surface area contributed by atoms with E-state index in [0.717, 1.165) is 0 Å². The third-order valence-electron chi connectivity index (χ3n) is 4.94. The number of primary amides is 1. The number of imidazole rings is 1. The second kappa shape index (κ2) is 15.0. The molecular formula is C21H35N7O6S. The molecule has 0 spiro atoms. The van der Waals surface area contributed by atoms with Crippen LogP contribution in [0.25, 0.3) is 0 Å². The molecule has 14 heteroatoms. The fraction of sp³-hybridized carbons (Fsp3) is 0.619. The van der Waals surface area contributed by atoms with Crippen molar-refractivity contribution in [3.8, 4) is 0 Å². The molecule has 0 aliphatic carbocycles. The largest absolute Gasteiger partial charge is 0.480 e. The third kappa shape index (κ3) is 11.2. The predicted molar refractivity (Wildman–Crippen MR) is 130 cm³/mol. The van der Waals surface area contributed by atoms with Crippen LogP contribution in [0.1, 0.15) is 38.8 Å². The van der Waals surface area contributed by atoms with Crippen molar-refractivity contribution >= 4 is 41.4 Å². The first-order chi connectivity index (χ1) is 16.4. The Labute approximate surface area is 207 Å². The van der Waals surface area contributed by atoms with Crippen molar-refractivity contribution in [2.24, 2.45) is 17.4 Å². The van der Waals surface area contributed by atoms with Gasteiger partial charge in [0.25, 0.3) is 0 Å². The number of thioether (sulfide) groups is 1. The van der Waals surface area contributed by atoms with Crippen molar-refractivity contribution in [3.05, 3.63) is 18.2 Å². The zero-order valence-electron chi connectivity index (χ0n) is 20.1. The molecule has 1 aromatic rings. The lowest BCUT2D eigenvalue weighted by Gasteiger charge is -2.25. The average molecular weight is 514 g/mol. The Hall–Kier alpha value is -3.13. The van der Waals surface area contributed by atoms with Crippen molar-refractivity contribution in [1.29, 1.82) is 0 Å². The fourth-order valence-corrected chi connectivity index (χ4v) is 3.63. The fourth-order valence-electron chi connectivity index (χ4n) is 3.15. The van der Waals surface area contributed by atoms with E-state index in [1.165, 1.54) is 24.3 Å². The smallest absolute Gasteiger partial charge is 0.326 e. The first kappa shape index (κ1) is 29.9. The van der Waals surface area contributed by atoms with Crippen LogP contribution in [0.5, 0.6) is 0 Å². The summed E-state index contributed by atoms with van der Waals surface area (Å²) in [5.41, 5.74) is 11.3. The highest BCUT2D eigenvalue weighted by Gasteiger charge is 2.31. The molecule has 0 bridgehead atoms. The zero-order valence-corrected chi connectivity index (χ0v) is 20.9. The maximum Gasteiger partial charge on any atom is 0.326 e. The number of carboxylic acid groups (broad SMARTS) is 1. The normalized spacial score (nSPS) is 14.4. The van der Waals surface area contributed by atoms with Gasteiger partial charge >= 0.3 is 5.97 Å². The Kier molecular flexibility index (Phi) is 12.8. The maximum absolute atomic E-state index is 13.1. The van der Waals surface area contributed by atoms with Gasteiger partial charge in [0.15, 0.2) is 0 Å². The molecule has 196 valence electrons. The number of aliphatic carboxylic acids is 1. The van der Waals surface area contributed by atoms with E-state index in [1.54, 1.807) is 0 Å². The molecule has 1 rings (SSSR count). The molecule has 4 unspecified atom stereocenters. The Bertz CT molecular complexity index is 864. The van der Waals surface area contributed by atoms with Gasteiger partial charge in [-0.1, -0.05) is 13.8 Å². The summed E-state index contributed by atoms with van der Waals surface area (Å²) < 4.78 is 0. The van der Waals surface area contributed by atoms with E-state index in [-0.39, 0.29) is 31.6 Å². The molecule has 4 atom stereocenters. The van der Waals surface area contributed by atoms with Crippen LogP contribution < -0.4 is 27.4 Å². The van der Waals surface area contributed by atoms with Crippen molar-refractivity contribution < 1.29 is 29.1 Å². The summed E-state index contributed by atoms with van der Waals surface area (Å²) in [6.07, 6.45) is 4.76. The lowest BCUT2D eigenvalue weighted by Crippen LogP contribution is -2.58. The molecule has 0 fully saturated rings. The topological polar surface area (TPSA) is 222 Å². The van der Waals surface area contributed by atoms with Crippen LogP contribution >= 0.6 is 11.8 Å². The number of nitrogens with one attached hydrogen (secondary N) is 4. The highest BCUT2D eigenvalue weighted by Crippen LogP contribution is 2.08. The lowest BCUT2D eigenvalue weighted by atomic mass is 10.0. The minimum Gasteiger partial charge on any atom is -0.480 e.